The maximum atomic E-state index is 13.3. The second-order valence-electron chi connectivity index (χ2n) is 7.62. The molecular formula is C24H19N5O3S. The largest absolute Gasteiger partial charge is 0.272 e. The van der Waals surface area contributed by atoms with Crippen LogP contribution in [-0.4, -0.2) is 24.1 Å². The molecule has 164 valence electrons. The number of aromatic nitrogens is 4. The van der Waals surface area contributed by atoms with Crippen LogP contribution < -0.4 is 5.56 Å². The third-order valence-electron chi connectivity index (χ3n) is 5.49. The summed E-state index contributed by atoms with van der Waals surface area (Å²) >= 11 is 1.44. The van der Waals surface area contributed by atoms with Gasteiger partial charge in [-0.05, 0) is 30.2 Å². The first kappa shape index (κ1) is 20.9. The van der Waals surface area contributed by atoms with E-state index in [9.17, 15) is 14.9 Å². The van der Waals surface area contributed by atoms with Crippen molar-refractivity contribution in [3.63, 3.8) is 0 Å². The van der Waals surface area contributed by atoms with Crippen molar-refractivity contribution in [2.24, 2.45) is 0 Å². The number of non-ortho nitro benzene ring substituents is 1. The maximum Gasteiger partial charge on any atom is 0.269 e. The second kappa shape index (κ2) is 8.51. The van der Waals surface area contributed by atoms with Crippen LogP contribution in [0.1, 0.15) is 23.3 Å². The normalized spacial score (nSPS) is 12.3. The summed E-state index contributed by atoms with van der Waals surface area (Å²) in [4.78, 5) is 24.1. The Hall–Kier alpha value is -3.98. The number of hydrogen-bond acceptors (Lipinski definition) is 6. The fourth-order valence-corrected chi connectivity index (χ4v) is 4.81. The molecule has 0 amide bonds. The zero-order chi connectivity index (χ0) is 22.9. The molecule has 3 aromatic carbocycles. The number of fused-ring (bicyclic) bond motifs is 3. The van der Waals surface area contributed by atoms with Crippen LogP contribution in [0.3, 0.4) is 0 Å². The van der Waals surface area contributed by atoms with E-state index in [0.717, 1.165) is 16.6 Å². The van der Waals surface area contributed by atoms with E-state index in [-0.39, 0.29) is 16.5 Å². The molecule has 8 nitrogen and oxygen atoms in total. The summed E-state index contributed by atoms with van der Waals surface area (Å²) in [5, 5.41) is 21.0. The smallest absolute Gasteiger partial charge is 0.269 e. The van der Waals surface area contributed by atoms with Gasteiger partial charge in [-0.25, -0.2) is 0 Å². The van der Waals surface area contributed by atoms with Gasteiger partial charge in [-0.1, -0.05) is 66.4 Å². The minimum atomic E-state index is -0.400. The zero-order valence-electron chi connectivity index (χ0n) is 17.7. The van der Waals surface area contributed by atoms with Gasteiger partial charge < -0.3 is 0 Å². The van der Waals surface area contributed by atoms with Crippen LogP contribution in [0.15, 0.2) is 88.8 Å². The first-order valence-corrected chi connectivity index (χ1v) is 11.2. The quantitative estimate of drug-likeness (QED) is 0.205. The van der Waals surface area contributed by atoms with Crippen LogP contribution in [0, 0.1) is 10.1 Å². The molecule has 0 aliphatic rings. The van der Waals surface area contributed by atoms with E-state index >= 15 is 0 Å². The van der Waals surface area contributed by atoms with E-state index in [2.05, 4.69) is 10.2 Å². The number of hydrogen-bond donors (Lipinski definition) is 0. The lowest BCUT2D eigenvalue weighted by atomic mass is 10.1. The highest BCUT2D eigenvalue weighted by Crippen LogP contribution is 2.35. The van der Waals surface area contributed by atoms with Gasteiger partial charge in [0.15, 0.2) is 5.16 Å². The summed E-state index contributed by atoms with van der Waals surface area (Å²) in [7, 11) is 0. The Labute approximate surface area is 192 Å². The van der Waals surface area contributed by atoms with E-state index in [1.807, 2.05) is 65.9 Å². The Kier molecular flexibility index (Phi) is 5.39. The van der Waals surface area contributed by atoms with Gasteiger partial charge in [-0.3, -0.25) is 23.9 Å². The molecule has 0 aliphatic heterocycles. The Balaban J connectivity index is 1.63. The van der Waals surface area contributed by atoms with E-state index < -0.39 is 4.92 Å². The molecular weight excluding hydrogens is 438 g/mol. The summed E-state index contributed by atoms with van der Waals surface area (Å²) in [6, 6.07) is 23.7. The Morgan fingerprint density at radius 3 is 2.55 bits per heavy atom. The molecule has 5 aromatic rings. The third-order valence-corrected chi connectivity index (χ3v) is 6.60. The van der Waals surface area contributed by atoms with Crippen LogP contribution in [0.5, 0.6) is 0 Å². The van der Waals surface area contributed by atoms with Crippen LogP contribution in [0.2, 0.25) is 0 Å². The van der Waals surface area contributed by atoms with Gasteiger partial charge in [0.25, 0.3) is 11.2 Å². The minimum Gasteiger partial charge on any atom is -0.272 e. The number of nitro groups is 1. The number of nitrogens with zero attached hydrogens (tertiary/aromatic N) is 5. The monoisotopic (exact) mass is 457 g/mol. The fraction of sp³-hybridized carbons (Fsp3) is 0.125. The predicted molar refractivity (Wildman–Crippen MR) is 128 cm³/mol. The number of nitro benzene ring substituents is 1. The summed E-state index contributed by atoms with van der Waals surface area (Å²) in [6.07, 6.45) is 0. The maximum absolute atomic E-state index is 13.3. The Morgan fingerprint density at radius 1 is 1.00 bits per heavy atom. The molecule has 1 atom stereocenters. The standard InChI is InChI=1S/C24H19N5O3S/c1-16(18-10-7-11-19(14-18)29(31)32)33-24-26-25-23-27(15-17-8-3-2-4-9-17)22(30)20-12-5-6-13-21(20)28(23)24/h2-14,16H,15H2,1H3. The van der Waals surface area contributed by atoms with Crippen molar-refractivity contribution in [2.75, 3.05) is 0 Å². The molecule has 0 radical (unpaired) electrons. The molecule has 0 fully saturated rings. The van der Waals surface area contributed by atoms with Crippen molar-refractivity contribution in [3.05, 3.63) is 110 Å². The van der Waals surface area contributed by atoms with Crippen molar-refractivity contribution < 1.29 is 4.92 Å². The molecule has 33 heavy (non-hydrogen) atoms. The predicted octanol–water partition coefficient (Wildman–Crippen LogP) is 4.85. The van der Waals surface area contributed by atoms with E-state index in [4.69, 9.17) is 0 Å². The summed E-state index contributed by atoms with van der Waals surface area (Å²) < 4.78 is 3.52. The third kappa shape index (κ3) is 3.87. The number of para-hydroxylation sites is 1. The van der Waals surface area contributed by atoms with Crippen molar-refractivity contribution in [1.29, 1.82) is 0 Å². The molecule has 0 saturated heterocycles. The first-order chi connectivity index (χ1) is 16.0. The highest BCUT2D eigenvalue weighted by molar-refractivity contribution is 7.99. The second-order valence-corrected chi connectivity index (χ2v) is 8.93. The van der Waals surface area contributed by atoms with E-state index in [1.165, 1.54) is 17.8 Å². The van der Waals surface area contributed by atoms with Crippen molar-refractivity contribution in [2.45, 2.75) is 23.9 Å². The summed E-state index contributed by atoms with van der Waals surface area (Å²) in [5.74, 6) is 0.455. The lowest BCUT2D eigenvalue weighted by Crippen LogP contribution is -2.24. The lowest BCUT2D eigenvalue weighted by molar-refractivity contribution is -0.384. The molecule has 1 unspecified atom stereocenters. The average Bonchev–Trinajstić information content (AvgIpc) is 3.26. The zero-order valence-corrected chi connectivity index (χ0v) is 18.5. The van der Waals surface area contributed by atoms with Crippen LogP contribution in [0.4, 0.5) is 5.69 Å². The highest BCUT2D eigenvalue weighted by Gasteiger charge is 2.20. The Bertz CT molecular complexity index is 1540. The summed E-state index contributed by atoms with van der Waals surface area (Å²) in [6.45, 7) is 2.34. The lowest BCUT2D eigenvalue weighted by Gasteiger charge is -2.13. The highest BCUT2D eigenvalue weighted by atomic mass is 32.2. The number of thioether (sulfide) groups is 1. The average molecular weight is 458 g/mol. The number of rotatable bonds is 6. The summed E-state index contributed by atoms with van der Waals surface area (Å²) in [5.41, 5.74) is 2.44. The molecule has 5 rings (SSSR count). The van der Waals surface area contributed by atoms with Gasteiger partial charge in [0.05, 0.1) is 22.4 Å². The number of benzene rings is 3. The SMILES string of the molecule is CC(Sc1nnc2n(Cc3ccccc3)c(=O)c3ccccc3n12)c1cccc([N+](=O)[O-])c1. The van der Waals surface area contributed by atoms with Crippen LogP contribution in [0.25, 0.3) is 16.7 Å². The molecule has 0 bridgehead atoms. The van der Waals surface area contributed by atoms with Gasteiger partial charge in [-0.2, -0.15) is 0 Å². The van der Waals surface area contributed by atoms with Gasteiger partial charge in [0.2, 0.25) is 5.78 Å². The van der Waals surface area contributed by atoms with Crippen molar-refractivity contribution >= 4 is 34.1 Å². The molecule has 2 aromatic heterocycles. The molecule has 9 heteroatoms. The minimum absolute atomic E-state index is 0.0493. The Morgan fingerprint density at radius 2 is 1.76 bits per heavy atom. The topological polar surface area (TPSA) is 95.3 Å². The fourth-order valence-electron chi connectivity index (χ4n) is 3.84. The molecule has 0 spiro atoms. The van der Waals surface area contributed by atoms with E-state index in [0.29, 0.717) is 22.9 Å². The van der Waals surface area contributed by atoms with E-state index in [1.54, 1.807) is 22.8 Å². The van der Waals surface area contributed by atoms with Gasteiger partial charge in [-0.15, -0.1) is 10.2 Å². The molecule has 0 aliphatic carbocycles. The molecule has 2 heterocycles. The van der Waals surface area contributed by atoms with Crippen molar-refractivity contribution in [3.8, 4) is 0 Å². The van der Waals surface area contributed by atoms with Gasteiger partial charge in [0.1, 0.15) is 0 Å². The first-order valence-electron chi connectivity index (χ1n) is 10.3. The van der Waals surface area contributed by atoms with Gasteiger partial charge >= 0.3 is 0 Å². The van der Waals surface area contributed by atoms with Gasteiger partial charge in [0, 0.05) is 17.4 Å². The van der Waals surface area contributed by atoms with Crippen LogP contribution in [-0.2, 0) is 6.54 Å². The molecule has 0 saturated carbocycles. The van der Waals surface area contributed by atoms with Crippen molar-refractivity contribution in [1.82, 2.24) is 19.2 Å². The van der Waals surface area contributed by atoms with Crippen LogP contribution >= 0.6 is 11.8 Å². The molecule has 0 N–H and O–H groups in total.